The van der Waals surface area contributed by atoms with E-state index in [1.54, 1.807) is 0 Å². The summed E-state index contributed by atoms with van der Waals surface area (Å²) in [5, 5.41) is 20.1. The van der Waals surface area contributed by atoms with Crippen molar-refractivity contribution in [3.63, 3.8) is 0 Å². The molecule has 6 N–H and O–H groups in total. The second-order valence-corrected chi connectivity index (χ2v) is 10.5. The molecule has 200 valence electrons. The number of likely N-dealkylation sites (N-methyl/N-ethyl adjacent to an activating group) is 2. The van der Waals surface area contributed by atoms with Crippen molar-refractivity contribution < 1.29 is 53.7 Å². The molecular weight excluding hydrogens is 491 g/mol. The lowest BCUT2D eigenvalue weighted by molar-refractivity contribution is -0.905. The fourth-order valence-corrected chi connectivity index (χ4v) is 3.68. The highest BCUT2D eigenvalue weighted by molar-refractivity contribution is 5.41. The molecule has 0 saturated heterocycles. The zero-order chi connectivity index (χ0) is 24.9. The van der Waals surface area contributed by atoms with Crippen LogP contribution in [0.2, 0.25) is 0 Å². The smallest absolute Gasteiger partial charge is 0.138 e. The minimum Gasteiger partial charge on any atom is -1.00 e. The van der Waals surface area contributed by atoms with Gasteiger partial charge in [-0.05, 0) is 35.4 Å². The van der Waals surface area contributed by atoms with Crippen LogP contribution in [0.5, 0.6) is 11.5 Å². The van der Waals surface area contributed by atoms with Crippen LogP contribution in [-0.4, -0.2) is 86.1 Å². The van der Waals surface area contributed by atoms with Crippen LogP contribution in [0.1, 0.15) is 25.0 Å². The van der Waals surface area contributed by atoms with Crippen molar-refractivity contribution in [3.05, 3.63) is 59.7 Å². The van der Waals surface area contributed by atoms with Crippen molar-refractivity contribution in [2.45, 2.75) is 31.5 Å². The lowest BCUT2D eigenvalue weighted by Crippen LogP contribution is -3.00. The first-order chi connectivity index (χ1) is 15.2. The number of nitrogens with zero attached hydrogens (tertiary/aromatic N) is 2. The first kappa shape index (κ1) is 33.4. The molecule has 0 amide bonds. The summed E-state index contributed by atoms with van der Waals surface area (Å²) in [5.41, 5.74) is 2.06. The molecule has 2 unspecified atom stereocenters. The van der Waals surface area contributed by atoms with Gasteiger partial charge in [0, 0.05) is 5.41 Å². The quantitative estimate of drug-likeness (QED) is 0.124. The normalized spacial score (nSPS) is 13.8. The van der Waals surface area contributed by atoms with Crippen molar-refractivity contribution >= 4 is 0 Å². The first-order valence-corrected chi connectivity index (χ1v) is 11.2. The maximum atomic E-state index is 10.1. The summed E-state index contributed by atoms with van der Waals surface area (Å²) in [4.78, 5) is 0. The molecule has 0 aliphatic carbocycles. The third kappa shape index (κ3) is 11.8. The molecule has 0 aliphatic heterocycles. The van der Waals surface area contributed by atoms with E-state index in [1.165, 1.54) is 0 Å². The molecule has 0 bridgehead atoms. The van der Waals surface area contributed by atoms with Crippen LogP contribution in [0, 0.1) is 0 Å². The Hall–Kier alpha value is -1.62. The van der Waals surface area contributed by atoms with E-state index in [4.69, 9.17) is 21.2 Å². The lowest BCUT2D eigenvalue weighted by atomic mass is 9.78. The molecule has 35 heavy (non-hydrogen) atoms. The molecule has 2 rings (SSSR count). The minimum atomic E-state index is -0.635. The maximum absolute atomic E-state index is 10.1. The van der Waals surface area contributed by atoms with Crippen molar-refractivity contribution in [2.75, 3.05) is 54.5 Å². The molecule has 2 aromatic carbocycles. The van der Waals surface area contributed by atoms with Gasteiger partial charge in [-0.2, -0.15) is 11.7 Å². The average molecular weight is 534 g/mol. The van der Waals surface area contributed by atoms with Crippen molar-refractivity contribution in [2.24, 2.45) is 11.7 Å². The summed E-state index contributed by atoms with van der Waals surface area (Å²) >= 11 is 0. The molecule has 2 atom stereocenters. The monoisotopic (exact) mass is 532 g/mol. The Balaban J connectivity index is 0.00000578. The number of hydrogen-bond acceptors (Lipinski definition) is 6. The van der Waals surface area contributed by atoms with E-state index >= 15 is 0 Å². The average Bonchev–Trinajstić information content (AvgIpc) is 2.69. The number of aliphatic hydroxyl groups excluding tert-OH is 2. The van der Waals surface area contributed by atoms with Gasteiger partial charge in [-0.3, -0.25) is 9.18 Å². The SMILES string of the molecule is CC(C)(c1ccc(OCC(O)C[N+](C)(C)N)cc1)c1ccc(OCC(O)C[N+](C)(C)N)cc1.[Cl-].[Cl-]. The van der Waals surface area contributed by atoms with Gasteiger partial charge in [0.2, 0.25) is 0 Å². The van der Waals surface area contributed by atoms with E-state index in [9.17, 15) is 10.2 Å². The van der Waals surface area contributed by atoms with Crippen LogP contribution in [0.3, 0.4) is 0 Å². The van der Waals surface area contributed by atoms with Crippen LogP contribution >= 0.6 is 0 Å². The van der Waals surface area contributed by atoms with Crippen LogP contribution < -0.4 is 46.0 Å². The van der Waals surface area contributed by atoms with Crippen molar-refractivity contribution in [3.8, 4) is 11.5 Å². The number of quaternary nitrogens is 2. The van der Waals surface area contributed by atoms with Crippen molar-refractivity contribution in [1.82, 2.24) is 0 Å². The van der Waals surface area contributed by atoms with E-state index in [-0.39, 0.29) is 52.6 Å². The fraction of sp³-hybridized carbons (Fsp3) is 0.520. The first-order valence-electron chi connectivity index (χ1n) is 11.2. The number of ether oxygens (including phenoxy) is 2. The van der Waals surface area contributed by atoms with E-state index in [2.05, 4.69) is 13.8 Å². The number of nitrogens with two attached hydrogens (primary N) is 2. The predicted molar refractivity (Wildman–Crippen MR) is 130 cm³/mol. The minimum absolute atomic E-state index is 0. The van der Waals surface area contributed by atoms with Crippen LogP contribution in [-0.2, 0) is 5.41 Å². The summed E-state index contributed by atoms with van der Waals surface area (Å²) in [7, 11) is 7.29. The zero-order valence-corrected chi connectivity index (χ0v) is 23.1. The second kappa shape index (κ2) is 13.6. The van der Waals surface area contributed by atoms with Gasteiger partial charge in [0.15, 0.2) is 0 Å². The molecule has 0 fully saturated rings. The molecule has 0 radical (unpaired) electrons. The number of rotatable bonds is 12. The van der Waals surface area contributed by atoms with Crippen LogP contribution in [0.25, 0.3) is 0 Å². The Morgan fingerprint density at radius 1 is 0.686 bits per heavy atom. The predicted octanol–water partition coefficient (Wildman–Crippen LogP) is -4.60. The molecule has 0 aromatic heterocycles. The lowest BCUT2D eigenvalue weighted by Gasteiger charge is -2.27. The molecule has 0 heterocycles. The third-order valence-electron chi connectivity index (χ3n) is 5.40. The van der Waals surface area contributed by atoms with Gasteiger partial charge in [0.05, 0.1) is 28.2 Å². The van der Waals surface area contributed by atoms with E-state index in [1.807, 2.05) is 76.7 Å². The third-order valence-corrected chi connectivity index (χ3v) is 5.40. The van der Waals surface area contributed by atoms with Crippen LogP contribution in [0.15, 0.2) is 48.5 Å². The van der Waals surface area contributed by atoms with Crippen molar-refractivity contribution in [1.29, 1.82) is 0 Å². The Kier molecular flexibility index (Phi) is 13.0. The number of benzene rings is 2. The molecule has 0 saturated carbocycles. The highest BCUT2D eigenvalue weighted by Gasteiger charge is 2.24. The number of aliphatic hydroxyl groups is 2. The molecule has 0 spiro atoms. The highest BCUT2D eigenvalue weighted by Crippen LogP contribution is 2.33. The van der Waals surface area contributed by atoms with E-state index in [0.717, 1.165) is 11.1 Å². The maximum Gasteiger partial charge on any atom is 0.138 e. The largest absolute Gasteiger partial charge is 1.00 e. The Labute approximate surface area is 222 Å². The highest BCUT2D eigenvalue weighted by atomic mass is 35.5. The zero-order valence-electron chi connectivity index (χ0n) is 21.6. The standard InChI is InChI=1S/C25H42N4O4.2ClH/c1-25(2,19-7-11-23(12-8-19)32-17-21(30)15-28(3,4)26)20-9-13-24(14-10-20)33-18-22(31)16-29(5,6)27;;/h7-14,21-22,30-31H,15-18,26-27H2,1-6H3;2*1H/q+2;;/p-2. The van der Waals surface area contributed by atoms with Gasteiger partial charge in [0.25, 0.3) is 0 Å². The molecule has 8 nitrogen and oxygen atoms in total. The Morgan fingerprint density at radius 2 is 0.971 bits per heavy atom. The fourth-order valence-electron chi connectivity index (χ4n) is 3.68. The van der Waals surface area contributed by atoms with Gasteiger partial charge < -0.3 is 44.5 Å². The van der Waals surface area contributed by atoms with Gasteiger partial charge in [0.1, 0.15) is 50.0 Å². The van der Waals surface area contributed by atoms with E-state index in [0.29, 0.717) is 24.6 Å². The van der Waals surface area contributed by atoms with E-state index < -0.39 is 12.2 Å². The topological polar surface area (TPSA) is 111 Å². The van der Waals surface area contributed by atoms with Gasteiger partial charge in [-0.1, -0.05) is 38.1 Å². The molecule has 0 aliphatic rings. The van der Waals surface area contributed by atoms with Gasteiger partial charge in [-0.25, -0.2) is 0 Å². The molecular formula is C25H42Cl2N4O4. The summed E-state index contributed by atoms with van der Waals surface area (Å²) in [5.74, 6) is 13.2. The van der Waals surface area contributed by atoms with Gasteiger partial charge in [-0.15, -0.1) is 0 Å². The van der Waals surface area contributed by atoms with Crippen LogP contribution in [0.4, 0.5) is 0 Å². The van der Waals surface area contributed by atoms with Gasteiger partial charge >= 0.3 is 0 Å². The number of hydrogen-bond donors (Lipinski definition) is 4. The Morgan fingerprint density at radius 3 is 1.23 bits per heavy atom. The summed E-state index contributed by atoms with van der Waals surface area (Å²) in [6.45, 7) is 5.53. The summed E-state index contributed by atoms with van der Waals surface area (Å²) < 4.78 is 11.8. The molecule has 10 heteroatoms. The molecule has 2 aromatic rings. The summed E-state index contributed by atoms with van der Waals surface area (Å²) in [6, 6.07) is 15.8. The summed E-state index contributed by atoms with van der Waals surface area (Å²) in [6.07, 6.45) is -1.27. The number of halogens is 2. The second-order valence-electron chi connectivity index (χ2n) is 10.5. The Bertz CT molecular complexity index is 796.